The molecule has 1 fully saturated rings. The summed E-state index contributed by atoms with van der Waals surface area (Å²) in [6, 6.07) is 3.49. The Morgan fingerprint density at radius 2 is 1.90 bits per heavy atom. The molecule has 1 aliphatic rings. The number of nitrogens with zero attached hydrogens (tertiary/aromatic N) is 4. The van der Waals surface area contributed by atoms with Crippen LogP contribution in [0.25, 0.3) is 11.2 Å². The van der Waals surface area contributed by atoms with Gasteiger partial charge >= 0.3 is 18.1 Å². The summed E-state index contributed by atoms with van der Waals surface area (Å²) in [5.41, 5.74) is -1.05. The quantitative estimate of drug-likeness (QED) is 0.342. The minimum Gasteiger partial charge on any atom is -0.471 e. The van der Waals surface area contributed by atoms with Gasteiger partial charge in [0.25, 0.3) is 0 Å². The average Bonchev–Trinajstić information content (AvgIpc) is 3.43. The lowest BCUT2D eigenvalue weighted by Gasteiger charge is -2.27. The number of hydrogen-bond acceptors (Lipinski definition) is 9. The number of aromatic nitrogens is 3. The molecule has 0 aliphatic carbocycles. The molecule has 1 amide bonds. The molecule has 0 radical (unpaired) electrons. The lowest BCUT2D eigenvalue weighted by Crippen LogP contribution is -2.44. The molecule has 4 rings (SSSR count). The van der Waals surface area contributed by atoms with Crippen molar-refractivity contribution in [1.82, 2.24) is 18.8 Å². The Morgan fingerprint density at radius 3 is 2.51 bits per heavy atom. The van der Waals surface area contributed by atoms with E-state index < -0.39 is 48.1 Å². The van der Waals surface area contributed by atoms with Gasteiger partial charge in [-0.2, -0.15) is 13.9 Å². The highest BCUT2D eigenvalue weighted by atomic mass is 35.5. The van der Waals surface area contributed by atoms with E-state index in [1.165, 1.54) is 24.1 Å². The predicted molar refractivity (Wildman–Crippen MR) is 135 cm³/mol. The minimum atomic E-state index is -0.989. The zero-order valence-corrected chi connectivity index (χ0v) is 22.8. The van der Waals surface area contributed by atoms with E-state index in [0.29, 0.717) is 0 Å². The highest BCUT2D eigenvalue weighted by molar-refractivity contribution is 7.93. The van der Waals surface area contributed by atoms with E-state index in [4.69, 9.17) is 30.5 Å². The standard InChI is InChI=1S/C24H24ClF3N4O6S/c1-24(2,3)38-23(34)31-10-12(8-18(31)21(33)35-4)37-22-29-17-9-14(25)20(30-19(17)32(22)39-28)36-11-13-15(26)6-5-7-16(13)27/h5-7,9,12,18H,8,10-11H2,1-4H3/t12-,18-/m0/s1. The van der Waals surface area contributed by atoms with Gasteiger partial charge in [0.1, 0.15) is 46.5 Å². The largest absolute Gasteiger partial charge is 0.471 e. The smallest absolute Gasteiger partial charge is 0.411 e. The molecule has 39 heavy (non-hydrogen) atoms. The summed E-state index contributed by atoms with van der Waals surface area (Å²) in [5, 5.41) is -0.0398. The molecule has 0 unspecified atom stereocenters. The zero-order chi connectivity index (χ0) is 28.5. The molecule has 0 spiro atoms. The van der Waals surface area contributed by atoms with E-state index in [1.54, 1.807) is 20.8 Å². The van der Waals surface area contributed by atoms with Crippen LogP contribution in [0.15, 0.2) is 24.3 Å². The van der Waals surface area contributed by atoms with Gasteiger partial charge in [0.05, 0.1) is 19.2 Å². The summed E-state index contributed by atoms with van der Waals surface area (Å²) in [6.45, 7) is 4.48. The molecular weight excluding hydrogens is 565 g/mol. The monoisotopic (exact) mass is 588 g/mol. The van der Waals surface area contributed by atoms with Gasteiger partial charge in [-0.3, -0.25) is 4.90 Å². The Labute approximate surface area is 230 Å². The summed E-state index contributed by atoms with van der Waals surface area (Å²) in [4.78, 5) is 34.6. The van der Waals surface area contributed by atoms with Crippen molar-refractivity contribution in [3.05, 3.63) is 46.5 Å². The third kappa shape index (κ3) is 6.27. The van der Waals surface area contributed by atoms with E-state index in [2.05, 4.69) is 9.97 Å². The van der Waals surface area contributed by atoms with Crippen LogP contribution in [0.5, 0.6) is 11.9 Å². The van der Waals surface area contributed by atoms with Crippen LogP contribution in [-0.4, -0.2) is 62.3 Å². The molecule has 0 N–H and O–H groups in total. The Balaban J connectivity index is 1.57. The van der Waals surface area contributed by atoms with Crippen LogP contribution in [0.1, 0.15) is 32.8 Å². The number of pyridine rings is 1. The van der Waals surface area contributed by atoms with Gasteiger partial charge in [0.2, 0.25) is 5.88 Å². The lowest BCUT2D eigenvalue weighted by atomic mass is 10.2. The Morgan fingerprint density at radius 1 is 1.21 bits per heavy atom. The van der Waals surface area contributed by atoms with Crippen molar-refractivity contribution in [1.29, 1.82) is 0 Å². The molecule has 1 aliphatic heterocycles. The number of hydrogen-bond donors (Lipinski definition) is 0. The number of carbonyl (C=O) groups is 2. The summed E-state index contributed by atoms with van der Waals surface area (Å²) in [5.74, 6) is -2.50. The highest BCUT2D eigenvalue weighted by Gasteiger charge is 2.44. The third-order valence-corrected chi connectivity index (χ3v) is 6.34. The number of ether oxygens (including phenoxy) is 4. The fourth-order valence-electron chi connectivity index (χ4n) is 3.89. The number of amides is 1. The Bertz CT molecular complexity index is 1380. The van der Waals surface area contributed by atoms with Crippen LogP contribution in [0.2, 0.25) is 5.02 Å². The first kappa shape index (κ1) is 28.6. The van der Waals surface area contributed by atoms with Gasteiger partial charge in [-0.25, -0.2) is 18.4 Å². The van der Waals surface area contributed by atoms with E-state index >= 15 is 0 Å². The minimum absolute atomic E-state index is 0.0306. The maximum Gasteiger partial charge on any atom is 0.411 e. The van der Waals surface area contributed by atoms with Crippen LogP contribution in [0, 0.1) is 11.6 Å². The number of carbonyl (C=O) groups excluding carboxylic acids is 2. The number of halogens is 4. The molecule has 2 atom stereocenters. The summed E-state index contributed by atoms with van der Waals surface area (Å²) in [6.07, 6.45) is -1.48. The second-order valence-electron chi connectivity index (χ2n) is 9.51. The van der Waals surface area contributed by atoms with Gasteiger partial charge in [0, 0.05) is 6.42 Å². The number of imidazole rings is 1. The van der Waals surface area contributed by atoms with Gasteiger partial charge in [0.15, 0.2) is 18.0 Å². The zero-order valence-electron chi connectivity index (χ0n) is 21.2. The SMILES string of the molecule is COC(=O)[C@@H]1C[C@H](Oc2nc3cc(Cl)c(OCc4c(F)cccc4F)nc3n2SF)CN1C(=O)OC(C)(C)C. The maximum absolute atomic E-state index is 14.1. The second-order valence-corrected chi connectivity index (χ2v) is 10.4. The van der Waals surface area contributed by atoms with Crippen LogP contribution in [0.4, 0.5) is 17.5 Å². The van der Waals surface area contributed by atoms with Crippen LogP contribution in [0.3, 0.4) is 0 Å². The number of methoxy groups -OCH3 is 1. The second kappa shape index (κ2) is 11.4. The predicted octanol–water partition coefficient (Wildman–Crippen LogP) is 5.25. The number of likely N-dealkylation sites (tertiary alicyclic amines) is 1. The summed E-state index contributed by atoms with van der Waals surface area (Å²) >= 11 is 5.95. The van der Waals surface area contributed by atoms with Crippen molar-refractivity contribution in [3.63, 3.8) is 0 Å². The molecule has 1 saturated heterocycles. The molecule has 0 bridgehead atoms. The van der Waals surface area contributed by atoms with Crippen molar-refractivity contribution in [2.45, 2.75) is 51.5 Å². The number of rotatable bonds is 7. The molecule has 15 heteroatoms. The van der Waals surface area contributed by atoms with Crippen molar-refractivity contribution in [2.24, 2.45) is 0 Å². The van der Waals surface area contributed by atoms with Gasteiger partial charge < -0.3 is 18.9 Å². The summed E-state index contributed by atoms with van der Waals surface area (Å²) < 4.78 is 64.4. The van der Waals surface area contributed by atoms with Crippen LogP contribution < -0.4 is 9.47 Å². The normalized spacial score (nSPS) is 17.4. The topological polar surface area (TPSA) is 105 Å². The van der Waals surface area contributed by atoms with E-state index in [9.17, 15) is 22.3 Å². The van der Waals surface area contributed by atoms with E-state index in [0.717, 1.165) is 16.1 Å². The van der Waals surface area contributed by atoms with E-state index in [-0.39, 0.29) is 58.9 Å². The fraction of sp³-hybridized carbons (Fsp3) is 0.417. The molecule has 1 aromatic carbocycles. The third-order valence-electron chi connectivity index (χ3n) is 5.61. The Hall–Kier alpha value is -3.39. The van der Waals surface area contributed by atoms with Gasteiger partial charge in [-0.1, -0.05) is 17.7 Å². The lowest BCUT2D eigenvalue weighted by molar-refractivity contribution is -0.145. The van der Waals surface area contributed by atoms with Crippen molar-refractivity contribution < 1.29 is 41.2 Å². The summed E-state index contributed by atoms with van der Waals surface area (Å²) in [7, 11) is 1.19. The first-order chi connectivity index (χ1) is 18.4. The molecule has 210 valence electrons. The van der Waals surface area contributed by atoms with Gasteiger partial charge in [-0.15, -0.1) is 3.89 Å². The molecular formula is C24H24ClF3N4O6S. The van der Waals surface area contributed by atoms with Gasteiger partial charge in [-0.05, 0) is 39.0 Å². The molecule has 10 nitrogen and oxygen atoms in total. The molecule has 0 saturated carbocycles. The first-order valence-electron chi connectivity index (χ1n) is 11.6. The maximum atomic E-state index is 14.1. The first-order valence-corrected chi connectivity index (χ1v) is 12.6. The number of esters is 1. The van der Waals surface area contributed by atoms with E-state index in [1.807, 2.05) is 0 Å². The Kier molecular flexibility index (Phi) is 8.35. The van der Waals surface area contributed by atoms with Crippen molar-refractivity contribution >= 4 is 47.2 Å². The number of fused-ring (bicyclic) bond motifs is 1. The molecule has 3 aromatic rings. The number of benzene rings is 1. The van der Waals surface area contributed by atoms with Crippen molar-refractivity contribution in [3.8, 4) is 11.9 Å². The van der Waals surface area contributed by atoms with Crippen LogP contribution >= 0.6 is 23.9 Å². The van der Waals surface area contributed by atoms with Crippen LogP contribution in [-0.2, 0) is 20.9 Å². The fourth-order valence-corrected chi connectivity index (χ4v) is 4.43. The molecule has 2 aromatic heterocycles. The van der Waals surface area contributed by atoms with Crippen molar-refractivity contribution in [2.75, 3.05) is 13.7 Å². The highest BCUT2D eigenvalue weighted by Crippen LogP contribution is 2.34. The average molecular weight is 589 g/mol. The molecule has 3 heterocycles.